The van der Waals surface area contributed by atoms with E-state index in [-0.39, 0.29) is 37.6 Å². The van der Waals surface area contributed by atoms with E-state index in [1.165, 1.54) is 0 Å². The third-order valence-electron chi connectivity index (χ3n) is 7.12. The van der Waals surface area contributed by atoms with Crippen molar-refractivity contribution in [3.8, 4) is 11.3 Å². The number of aliphatic hydroxyl groups is 1. The molecule has 0 radical (unpaired) electrons. The lowest BCUT2D eigenvalue weighted by Gasteiger charge is -2.25. The number of aliphatic hydroxyl groups excluding tert-OH is 1. The summed E-state index contributed by atoms with van der Waals surface area (Å²) in [4.78, 5) is 38.5. The van der Waals surface area contributed by atoms with E-state index in [4.69, 9.17) is 16.3 Å². The van der Waals surface area contributed by atoms with Gasteiger partial charge in [-0.25, -0.2) is 9.97 Å². The third-order valence-corrected chi connectivity index (χ3v) is 7.40. The molecule has 39 heavy (non-hydrogen) atoms. The van der Waals surface area contributed by atoms with Gasteiger partial charge in [-0.15, -0.1) is 0 Å². The second-order valence-electron chi connectivity index (χ2n) is 9.79. The first-order valence-electron chi connectivity index (χ1n) is 13.2. The number of ether oxygens (including phenoxy) is 1. The summed E-state index contributed by atoms with van der Waals surface area (Å²) < 4.78 is 5.42. The lowest BCUT2D eigenvalue weighted by Crippen LogP contribution is -2.42. The summed E-state index contributed by atoms with van der Waals surface area (Å²) in [5.41, 5.74) is 3.75. The number of carbonyl (C=O) groups excluding carboxylic acids is 2. The molecule has 3 aromatic rings. The van der Waals surface area contributed by atoms with E-state index < -0.39 is 0 Å². The van der Waals surface area contributed by atoms with Crippen LogP contribution < -0.4 is 5.32 Å². The smallest absolute Gasteiger partial charge is 0.254 e. The van der Waals surface area contributed by atoms with Gasteiger partial charge in [0.1, 0.15) is 6.54 Å². The van der Waals surface area contributed by atoms with Crippen molar-refractivity contribution in [3.63, 3.8) is 0 Å². The number of anilines is 1. The molecule has 1 saturated heterocycles. The van der Waals surface area contributed by atoms with Crippen LogP contribution in [-0.4, -0.2) is 82.2 Å². The molecule has 5 rings (SSSR count). The van der Waals surface area contributed by atoms with Crippen molar-refractivity contribution in [1.29, 1.82) is 0 Å². The van der Waals surface area contributed by atoms with Crippen LogP contribution in [0.1, 0.15) is 34.3 Å². The Kier molecular flexibility index (Phi) is 8.71. The highest BCUT2D eigenvalue weighted by Gasteiger charge is 2.30. The Morgan fingerprint density at radius 2 is 1.95 bits per heavy atom. The molecule has 2 aromatic carbocycles. The van der Waals surface area contributed by atoms with Gasteiger partial charge in [0, 0.05) is 50.0 Å². The van der Waals surface area contributed by atoms with E-state index in [0.717, 1.165) is 24.0 Å². The highest BCUT2D eigenvalue weighted by Crippen LogP contribution is 2.31. The molecular weight excluding hydrogens is 518 g/mol. The van der Waals surface area contributed by atoms with Gasteiger partial charge in [-0.2, -0.15) is 0 Å². The van der Waals surface area contributed by atoms with Crippen molar-refractivity contribution in [2.45, 2.75) is 31.8 Å². The zero-order valence-corrected chi connectivity index (χ0v) is 22.4. The fourth-order valence-electron chi connectivity index (χ4n) is 4.95. The highest BCUT2D eigenvalue weighted by molar-refractivity contribution is 6.33. The Morgan fingerprint density at radius 1 is 1.15 bits per heavy atom. The lowest BCUT2D eigenvalue weighted by molar-refractivity contribution is -0.132. The molecule has 1 fully saturated rings. The van der Waals surface area contributed by atoms with Crippen LogP contribution in [0.4, 0.5) is 5.95 Å². The average molecular weight is 550 g/mol. The quantitative estimate of drug-likeness (QED) is 0.399. The fraction of sp³-hybridized carbons (Fsp3) is 0.379. The van der Waals surface area contributed by atoms with E-state index in [1.54, 1.807) is 22.1 Å². The number of aromatic nitrogens is 2. The van der Waals surface area contributed by atoms with Gasteiger partial charge in [-0.05, 0) is 36.5 Å². The third kappa shape index (κ3) is 6.55. The molecule has 2 aliphatic heterocycles. The molecule has 0 unspecified atom stereocenters. The SMILES string of the molecule is O=C(CN1Cc2ccc(-c3nc(NC4CCOCC4)ncc3Cl)cc2C1=O)N(CCO)CCc1ccccc1. The summed E-state index contributed by atoms with van der Waals surface area (Å²) in [6.45, 7) is 2.26. The number of rotatable bonds is 10. The monoisotopic (exact) mass is 549 g/mol. The molecule has 0 saturated carbocycles. The molecule has 204 valence electrons. The topological polar surface area (TPSA) is 108 Å². The van der Waals surface area contributed by atoms with Crippen LogP contribution in [0, 0.1) is 0 Å². The first-order valence-corrected chi connectivity index (χ1v) is 13.6. The summed E-state index contributed by atoms with van der Waals surface area (Å²) in [6, 6.07) is 15.7. The van der Waals surface area contributed by atoms with Gasteiger partial charge in [0.05, 0.1) is 23.5 Å². The first-order chi connectivity index (χ1) is 19.0. The van der Waals surface area contributed by atoms with Crippen LogP contribution in [0.25, 0.3) is 11.3 Å². The molecule has 0 bridgehead atoms. The molecule has 2 N–H and O–H groups in total. The Hall–Kier alpha value is -3.53. The summed E-state index contributed by atoms with van der Waals surface area (Å²) in [7, 11) is 0. The Morgan fingerprint density at radius 3 is 2.72 bits per heavy atom. The minimum absolute atomic E-state index is 0.0505. The van der Waals surface area contributed by atoms with E-state index in [9.17, 15) is 14.7 Å². The fourth-order valence-corrected chi connectivity index (χ4v) is 5.15. The van der Waals surface area contributed by atoms with Crippen molar-refractivity contribution in [2.75, 3.05) is 44.8 Å². The zero-order valence-electron chi connectivity index (χ0n) is 21.7. The molecule has 0 aliphatic carbocycles. The van der Waals surface area contributed by atoms with Crippen molar-refractivity contribution < 1.29 is 19.4 Å². The predicted octanol–water partition coefficient (Wildman–Crippen LogP) is 3.41. The van der Waals surface area contributed by atoms with Gasteiger partial charge in [0.2, 0.25) is 11.9 Å². The second kappa shape index (κ2) is 12.5. The minimum Gasteiger partial charge on any atom is -0.395 e. The van der Waals surface area contributed by atoms with Crippen LogP contribution in [-0.2, 0) is 22.5 Å². The number of nitrogens with zero attached hydrogens (tertiary/aromatic N) is 4. The zero-order chi connectivity index (χ0) is 27.2. The number of fused-ring (bicyclic) bond motifs is 1. The minimum atomic E-state index is -0.210. The number of halogens is 1. The highest BCUT2D eigenvalue weighted by atomic mass is 35.5. The van der Waals surface area contributed by atoms with Crippen LogP contribution in [0.2, 0.25) is 5.02 Å². The average Bonchev–Trinajstić information content (AvgIpc) is 3.27. The number of carbonyl (C=O) groups is 2. The molecule has 0 atom stereocenters. The van der Waals surface area contributed by atoms with E-state index >= 15 is 0 Å². The van der Waals surface area contributed by atoms with Gasteiger partial charge in [0.15, 0.2) is 0 Å². The van der Waals surface area contributed by atoms with Crippen LogP contribution in [0.5, 0.6) is 0 Å². The molecule has 3 heterocycles. The van der Waals surface area contributed by atoms with Gasteiger partial charge in [0.25, 0.3) is 5.91 Å². The van der Waals surface area contributed by atoms with Gasteiger partial charge < -0.3 is 25.0 Å². The molecule has 9 nitrogen and oxygen atoms in total. The maximum atomic E-state index is 13.3. The van der Waals surface area contributed by atoms with E-state index in [0.29, 0.717) is 60.5 Å². The molecule has 2 amide bonds. The number of amides is 2. The van der Waals surface area contributed by atoms with Gasteiger partial charge in [-0.3, -0.25) is 9.59 Å². The maximum absolute atomic E-state index is 13.3. The first kappa shape index (κ1) is 27.1. The van der Waals surface area contributed by atoms with Gasteiger partial charge in [-0.1, -0.05) is 54.1 Å². The van der Waals surface area contributed by atoms with Crippen LogP contribution >= 0.6 is 11.6 Å². The molecule has 10 heteroatoms. The summed E-state index contributed by atoms with van der Waals surface area (Å²) >= 11 is 6.46. The van der Waals surface area contributed by atoms with E-state index in [2.05, 4.69) is 15.3 Å². The largest absolute Gasteiger partial charge is 0.395 e. The van der Waals surface area contributed by atoms with Crippen molar-refractivity contribution in [3.05, 3.63) is 76.4 Å². The maximum Gasteiger partial charge on any atom is 0.254 e. The summed E-state index contributed by atoms with van der Waals surface area (Å²) in [5, 5.41) is 13.2. The molecule has 1 aromatic heterocycles. The standard InChI is InChI=1S/C29H32ClN5O4/c30-25-17-31-29(32-23-9-14-39-15-10-23)33-27(25)21-6-7-22-18-35(28(38)24(22)16-21)19-26(37)34(12-13-36)11-8-20-4-2-1-3-5-20/h1-7,16-17,23,36H,8-15,18-19H2,(H,31,32,33). The number of hydrogen-bond acceptors (Lipinski definition) is 7. The van der Waals surface area contributed by atoms with Crippen LogP contribution in [0.15, 0.2) is 54.7 Å². The van der Waals surface area contributed by atoms with E-state index in [1.807, 2.05) is 42.5 Å². The normalized spacial score (nSPS) is 15.3. The second-order valence-corrected chi connectivity index (χ2v) is 10.2. The molecular formula is C29H32ClN5O4. The number of benzene rings is 2. The predicted molar refractivity (Wildman–Crippen MR) is 148 cm³/mol. The van der Waals surface area contributed by atoms with Crippen molar-refractivity contribution >= 4 is 29.4 Å². The Labute approximate surface area is 232 Å². The van der Waals surface area contributed by atoms with Crippen molar-refractivity contribution in [1.82, 2.24) is 19.8 Å². The molecule has 2 aliphatic rings. The Balaban J connectivity index is 1.26. The number of nitrogens with one attached hydrogen (secondary N) is 1. The molecule has 0 spiro atoms. The van der Waals surface area contributed by atoms with Crippen LogP contribution in [0.3, 0.4) is 0 Å². The van der Waals surface area contributed by atoms with Crippen molar-refractivity contribution in [2.24, 2.45) is 0 Å². The van der Waals surface area contributed by atoms with Gasteiger partial charge >= 0.3 is 0 Å². The Bertz CT molecular complexity index is 1320. The summed E-state index contributed by atoms with van der Waals surface area (Å²) in [5.74, 6) is 0.0850. The summed E-state index contributed by atoms with van der Waals surface area (Å²) in [6.07, 6.45) is 4.00. The lowest BCUT2D eigenvalue weighted by atomic mass is 10.0. The number of hydrogen-bond donors (Lipinski definition) is 2.